The van der Waals surface area contributed by atoms with Gasteiger partial charge in [0.05, 0.1) is 6.61 Å². The summed E-state index contributed by atoms with van der Waals surface area (Å²) in [6.45, 7) is 1.01. The average molecular weight is 274 g/mol. The molecule has 1 aliphatic rings. The minimum atomic E-state index is -0.410. The summed E-state index contributed by atoms with van der Waals surface area (Å²) in [6, 6.07) is 9.84. The van der Waals surface area contributed by atoms with Crippen LogP contribution < -0.4 is 0 Å². The monoisotopic (exact) mass is 274 g/mol. The largest absolute Gasteiger partial charge is 0.449 e. The molecule has 2 rings (SSSR count). The number of likely N-dealkylation sites (tertiary alicyclic amines) is 1. The molecule has 1 aromatic rings. The van der Waals surface area contributed by atoms with Gasteiger partial charge in [-0.3, -0.25) is 9.69 Å². The summed E-state index contributed by atoms with van der Waals surface area (Å²) in [5.41, 5.74) is 1.30. The lowest BCUT2D eigenvalue weighted by atomic mass is 10.1. The molecule has 4 heteroatoms. The Labute approximate surface area is 119 Å². The van der Waals surface area contributed by atoms with Gasteiger partial charge in [-0.25, -0.2) is 4.79 Å². The first-order valence-electron chi connectivity index (χ1n) is 7.16. The van der Waals surface area contributed by atoms with Gasteiger partial charge in [0.25, 0.3) is 0 Å². The maximum Gasteiger partial charge on any atom is 0.410 e. The summed E-state index contributed by atoms with van der Waals surface area (Å²) in [5.74, 6) is 0. The van der Waals surface area contributed by atoms with Crippen molar-refractivity contribution in [1.82, 2.24) is 4.90 Å². The van der Waals surface area contributed by atoms with Crippen molar-refractivity contribution in [1.29, 1.82) is 0 Å². The van der Waals surface area contributed by atoms with Crippen LogP contribution in [0.4, 0.5) is 4.79 Å². The van der Waals surface area contributed by atoms with Gasteiger partial charge in [0.2, 0.25) is 6.29 Å². The zero-order chi connectivity index (χ0) is 14.2. The van der Waals surface area contributed by atoms with Crippen molar-refractivity contribution in [2.24, 2.45) is 0 Å². The van der Waals surface area contributed by atoms with Crippen molar-refractivity contribution in [2.75, 3.05) is 13.2 Å². The Kier molecular flexibility index (Phi) is 5.59. The van der Waals surface area contributed by atoms with Crippen molar-refractivity contribution in [2.45, 2.75) is 38.1 Å². The van der Waals surface area contributed by atoms with Gasteiger partial charge >= 0.3 is 6.09 Å². The number of ether oxygens (including phenoxy) is 1. The summed E-state index contributed by atoms with van der Waals surface area (Å²) >= 11 is 0. The smallest absolute Gasteiger partial charge is 0.410 e. The van der Waals surface area contributed by atoms with E-state index in [-0.39, 0.29) is 6.09 Å². The third-order valence-electron chi connectivity index (χ3n) is 3.55. The number of amides is 1. The number of carbonyl (C=O) groups is 1. The minimum absolute atomic E-state index is 0.379. The predicted octanol–water partition coefficient (Wildman–Crippen LogP) is 2.72. The van der Waals surface area contributed by atoms with Crippen LogP contribution >= 0.6 is 0 Å². The van der Waals surface area contributed by atoms with E-state index in [2.05, 4.69) is 12.1 Å². The Morgan fingerprint density at radius 1 is 1.30 bits per heavy atom. The van der Waals surface area contributed by atoms with Crippen LogP contribution in [-0.4, -0.2) is 36.5 Å². The first kappa shape index (κ1) is 14.6. The first-order chi connectivity index (χ1) is 9.81. The van der Waals surface area contributed by atoms with E-state index in [1.807, 2.05) is 24.5 Å². The molecule has 1 aliphatic heterocycles. The third-order valence-corrected chi connectivity index (χ3v) is 3.55. The number of hydrogen-bond donors (Lipinski definition) is 0. The van der Waals surface area contributed by atoms with E-state index < -0.39 is 6.04 Å². The Balaban J connectivity index is 1.61. The normalized spacial score (nSPS) is 18.0. The molecule has 1 aromatic carbocycles. The molecule has 4 nitrogen and oxygen atoms in total. The number of carbonyl (C=O) groups excluding carboxylic acids is 2. The van der Waals surface area contributed by atoms with Gasteiger partial charge in [-0.1, -0.05) is 30.3 Å². The van der Waals surface area contributed by atoms with Gasteiger partial charge in [-0.05, 0) is 37.7 Å². The van der Waals surface area contributed by atoms with Crippen molar-refractivity contribution in [3.8, 4) is 0 Å². The number of rotatable bonds is 6. The Morgan fingerprint density at radius 2 is 2.10 bits per heavy atom. The summed E-state index contributed by atoms with van der Waals surface area (Å²) in [5, 5.41) is 0. The van der Waals surface area contributed by atoms with Gasteiger partial charge < -0.3 is 4.74 Å². The van der Waals surface area contributed by atoms with Crippen LogP contribution in [0.5, 0.6) is 0 Å². The first-order valence-corrected chi connectivity index (χ1v) is 7.16. The SMILES string of the molecule is O=[C]C1CCCN1C(=O)OCCCCc1ccccc1. The lowest BCUT2D eigenvalue weighted by Crippen LogP contribution is -2.36. The number of aryl methyl sites for hydroxylation is 1. The Bertz CT molecular complexity index is 433. The number of benzene rings is 1. The predicted molar refractivity (Wildman–Crippen MR) is 76.1 cm³/mol. The Morgan fingerprint density at radius 3 is 2.85 bits per heavy atom. The molecular formula is C16H20NO3. The van der Waals surface area contributed by atoms with Crippen molar-refractivity contribution in [3.05, 3.63) is 35.9 Å². The van der Waals surface area contributed by atoms with Gasteiger partial charge in [0.15, 0.2) is 0 Å². The number of unbranched alkanes of at least 4 members (excludes halogenated alkanes) is 1. The van der Waals surface area contributed by atoms with E-state index in [1.165, 1.54) is 10.5 Å². The fourth-order valence-corrected chi connectivity index (χ4v) is 2.43. The Hall–Kier alpha value is -1.84. The highest BCUT2D eigenvalue weighted by Crippen LogP contribution is 2.16. The van der Waals surface area contributed by atoms with Crippen LogP contribution in [0.1, 0.15) is 31.2 Å². The molecule has 1 unspecified atom stereocenters. The van der Waals surface area contributed by atoms with E-state index in [1.54, 1.807) is 0 Å². The standard InChI is InChI=1S/C16H20NO3/c18-13-15-10-6-11-17(15)16(19)20-12-5-4-9-14-7-2-1-3-8-14/h1-3,7-8,15H,4-6,9-12H2. The van der Waals surface area contributed by atoms with E-state index in [4.69, 9.17) is 4.74 Å². The highest BCUT2D eigenvalue weighted by molar-refractivity contribution is 5.74. The molecule has 1 atom stereocenters. The van der Waals surface area contributed by atoms with E-state index in [0.29, 0.717) is 19.6 Å². The van der Waals surface area contributed by atoms with Crippen LogP contribution in [0.2, 0.25) is 0 Å². The molecule has 0 aliphatic carbocycles. The zero-order valence-corrected chi connectivity index (χ0v) is 11.6. The van der Waals surface area contributed by atoms with Crippen molar-refractivity contribution >= 4 is 12.4 Å². The van der Waals surface area contributed by atoms with Gasteiger partial charge in [-0.2, -0.15) is 0 Å². The molecular weight excluding hydrogens is 254 g/mol. The molecule has 1 radical (unpaired) electrons. The molecule has 20 heavy (non-hydrogen) atoms. The van der Waals surface area contributed by atoms with Crippen LogP contribution in [0.3, 0.4) is 0 Å². The van der Waals surface area contributed by atoms with Crippen LogP contribution in [0.25, 0.3) is 0 Å². The molecule has 1 saturated heterocycles. The van der Waals surface area contributed by atoms with E-state index in [0.717, 1.165) is 25.7 Å². The fraction of sp³-hybridized carbons (Fsp3) is 0.500. The third kappa shape index (κ3) is 4.08. The molecule has 0 bridgehead atoms. The zero-order valence-electron chi connectivity index (χ0n) is 11.6. The van der Waals surface area contributed by atoms with Crippen molar-refractivity contribution in [3.63, 3.8) is 0 Å². The van der Waals surface area contributed by atoms with Gasteiger partial charge in [0, 0.05) is 6.54 Å². The number of nitrogens with zero attached hydrogens (tertiary/aromatic N) is 1. The van der Waals surface area contributed by atoms with Crippen LogP contribution in [-0.2, 0) is 16.0 Å². The maximum atomic E-state index is 11.8. The summed E-state index contributed by atoms with van der Waals surface area (Å²) in [6.07, 6.45) is 5.88. The van der Waals surface area contributed by atoms with Gasteiger partial charge in [0.1, 0.15) is 6.04 Å². The van der Waals surface area contributed by atoms with Crippen LogP contribution in [0, 0.1) is 0 Å². The molecule has 0 spiro atoms. The lowest BCUT2D eigenvalue weighted by molar-refractivity contribution is 0.103. The average Bonchev–Trinajstić information content (AvgIpc) is 2.96. The second-order valence-corrected chi connectivity index (χ2v) is 5.03. The molecule has 0 saturated carbocycles. The topological polar surface area (TPSA) is 46.6 Å². The lowest BCUT2D eigenvalue weighted by Gasteiger charge is -2.19. The van der Waals surface area contributed by atoms with E-state index >= 15 is 0 Å². The summed E-state index contributed by atoms with van der Waals surface area (Å²) < 4.78 is 5.20. The fourth-order valence-electron chi connectivity index (χ4n) is 2.43. The van der Waals surface area contributed by atoms with Gasteiger partial charge in [-0.15, -0.1) is 0 Å². The number of hydrogen-bond acceptors (Lipinski definition) is 3. The summed E-state index contributed by atoms with van der Waals surface area (Å²) in [4.78, 5) is 23.9. The van der Waals surface area contributed by atoms with Crippen molar-refractivity contribution < 1.29 is 14.3 Å². The second-order valence-electron chi connectivity index (χ2n) is 5.03. The minimum Gasteiger partial charge on any atom is -0.449 e. The molecule has 1 amide bonds. The van der Waals surface area contributed by atoms with E-state index in [9.17, 15) is 9.59 Å². The molecule has 107 valence electrons. The highest BCUT2D eigenvalue weighted by atomic mass is 16.6. The quantitative estimate of drug-likeness (QED) is 0.749. The molecule has 0 aromatic heterocycles. The highest BCUT2D eigenvalue weighted by Gasteiger charge is 2.29. The summed E-state index contributed by atoms with van der Waals surface area (Å²) in [7, 11) is 0. The van der Waals surface area contributed by atoms with Crippen LogP contribution in [0.15, 0.2) is 30.3 Å². The molecule has 1 heterocycles. The maximum absolute atomic E-state index is 11.8. The second kappa shape index (κ2) is 7.68. The molecule has 1 fully saturated rings. The molecule has 0 N–H and O–H groups in total.